The molecular formula is C27H24O10. The van der Waals surface area contributed by atoms with Gasteiger partial charge in [-0.1, -0.05) is 6.07 Å². The molecule has 4 aromatic rings. The number of hydrogen-bond acceptors (Lipinski definition) is 10. The Hall–Kier alpha value is -4.57. The molecule has 10 nitrogen and oxygen atoms in total. The van der Waals surface area contributed by atoms with E-state index in [0.717, 1.165) is 0 Å². The fourth-order valence-electron chi connectivity index (χ4n) is 4.34. The molecule has 1 aromatic heterocycles. The van der Waals surface area contributed by atoms with E-state index < -0.39 is 23.4 Å². The Kier molecular flexibility index (Phi) is 6.18. The number of methoxy groups -OCH3 is 3. The second-order valence-electron chi connectivity index (χ2n) is 8.28. The molecule has 0 saturated heterocycles. The molecule has 1 aliphatic rings. The number of fused-ring (bicyclic) bond motifs is 2. The maximum atomic E-state index is 13.0. The lowest BCUT2D eigenvalue weighted by Gasteiger charge is -2.33. The van der Waals surface area contributed by atoms with Crippen LogP contribution in [0.4, 0.5) is 0 Å². The molecule has 0 bridgehead atoms. The minimum Gasteiger partial charge on any atom is -0.508 e. The highest BCUT2D eigenvalue weighted by Crippen LogP contribution is 2.44. The molecule has 0 spiro atoms. The van der Waals surface area contributed by atoms with Crippen molar-refractivity contribution in [1.82, 2.24) is 0 Å². The maximum Gasteiger partial charge on any atom is 0.238 e. The first-order valence-electron chi connectivity index (χ1n) is 11.3. The predicted octanol–water partition coefficient (Wildman–Crippen LogP) is 3.77. The third-order valence-electron chi connectivity index (χ3n) is 6.13. The smallest absolute Gasteiger partial charge is 0.238 e. The molecule has 2 unspecified atom stereocenters. The van der Waals surface area contributed by atoms with Gasteiger partial charge in [-0.3, -0.25) is 4.79 Å². The third kappa shape index (κ3) is 4.11. The third-order valence-corrected chi connectivity index (χ3v) is 6.13. The number of benzene rings is 3. The lowest BCUT2D eigenvalue weighted by Crippen LogP contribution is -2.36. The first-order chi connectivity index (χ1) is 17.9. The van der Waals surface area contributed by atoms with Gasteiger partial charge in [0.1, 0.15) is 22.5 Å². The van der Waals surface area contributed by atoms with Gasteiger partial charge < -0.3 is 43.4 Å². The Morgan fingerprint density at radius 3 is 2.30 bits per heavy atom. The summed E-state index contributed by atoms with van der Waals surface area (Å²) in [6.07, 6.45) is -1.41. The lowest BCUT2D eigenvalue weighted by atomic mass is 10.0. The van der Waals surface area contributed by atoms with Crippen molar-refractivity contribution in [2.24, 2.45) is 0 Å². The van der Waals surface area contributed by atoms with Crippen molar-refractivity contribution < 1.29 is 43.4 Å². The Labute approximate surface area is 210 Å². The van der Waals surface area contributed by atoms with Gasteiger partial charge in [0.2, 0.25) is 11.2 Å². The molecule has 1 aliphatic heterocycles. The fraction of sp³-hybridized carbons (Fsp3) is 0.222. The van der Waals surface area contributed by atoms with E-state index in [2.05, 4.69) is 0 Å². The van der Waals surface area contributed by atoms with Gasteiger partial charge in [-0.05, 0) is 30.3 Å². The fourth-order valence-corrected chi connectivity index (χ4v) is 4.34. The van der Waals surface area contributed by atoms with Crippen LogP contribution in [0.3, 0.4) is 0 Å². The molecule has 0 radical (unpaired) electrons. The van der Waals surface area contributed by atoms with E-state index in [-0.39, 0.29) is 34.8 Å². The van der Waals surface area contributed by atoms with Gasteiger partial charge in [-0.15, -0.1) is 0 Å². The number of aromatic hydroxyl groups is 2. The molecule has 10 heteroatoms. The van der Waals surface area contributed by atoms with Crippen molar-refractivity contribution in [1.29, 1.82) is 0 Å². The van der Waals surface area contributed by atoms with Gasteiger partial charge in [-0.25, -0.2) is 0 Å². The van der Waals surface area contributed by atoms with E-state index in [1.807, 2.05) is 0 Å². The highest BCUT2D eigenvalue weighted by Gasteiger charge is 2.34. The van der Waals surface area contributed by atoms with E-state index in [1.54, 1.807) is 36.4 Å². The van der Waals surface area contributed by atoms with Gasteiger partial charge in [-0.2, -0.15) is 0 Å². The molecule has 0 amide bonds. The molecule has 3 N–H and O–H groups in total. The largest absolute Gasteiger partial charge is 0.508 e. The second-order valence-corrected chi connectivity index (χ2v) is 8.28. The molecule has 5 rings (SSSR count). The van der Waals surface area contributed by atoms with Crippen molar-refractivity contribution in [2.45, 2.75) is 12.2 Å². The molecule has 37 heavy (non-hydrogen) atoms. The number of hydrogen-bond donors (Lipinski definition) is 3. The number of aliphatic hydroxyl groups excluding tert-OH is 1. The summed E-state index contributed by atoms with van der Waals surface area (Å²) < 4.78 is 33.9. The number of phenols is 1. The van der Waals surface area contributed by atoms with Crippen LogP contribution in [0.2, 0.25) is 0 Å². The summed E-state index contributed by atoms with van der Waals surface area (Å²) in [5.41, 5.74) is 0.324. The zero-order chi connectivity index (χ0) is 26.3. The maximum absolute atomic E-state index is 13.0. The van der Waals surface area contributed by atoms with Gasteiger partial charge >= 0.3 is 0 Å². The topological polar surface area (TPSA) is 137 Å². The monoisotopic (exact) mass is 508 g/mol. The highest BCUT2D eigenvalue weighted by atomic mass is 16.6. The summed E-state index contributed by atoms with van der Waals surface area (Å²) in [5, 5.41) is 30.7. The average Bonchev–Trinajstić information content (AvgIpc) is 2.92. The zero-order valence-electron chi connectivity index (χ0n) is 20.2. The van der Waals surface area contributed by atoms with Crippen LogP contribution in [0, 0.1) is 0 Å². The Balaban J connectivity index is 1.58. The number of phenolic OH excluding ortho intramolecular Hbond substituents is 1. The summed E-state index contributed by atoms with van der Waals surface area (Å²) in [6.45, 7) is -0.314. The lowest BCUT2D eigenvalue weighted by molar-refractivity contribution is -0.0123. The highest BCUT2D eigenvalue weighted by molar-refractivity contribution is 5.88. The number of rotatable bonds is 6. The van der Waals surface area contributed by atoms with Crippen molar-refractivity contribution in [3.8, 4) is 51.6 Å². The molecular weight excluding hydrogens is 484 g/mol. The summed E-state index contributed by atoms with van der Waals surface area (Å²) in [6, 6.07) is 12.5. The predicted molar refractivity (Wildman–Crippen MR) is 132 cm³/mol. The van der Waals surface area contributed by atoms with Crippen LogP contribution in [-0.4, -0.2) is 49.4 Å². The molecule has 0 aliphatic carbocycles. The van der Waals surface area contributed by atoms with E-state index in [4.69, 9.17) is 28.1 Å². The van der Waals surface area contributed by atoms with Crippen LogP contribution < -0.4 is 29.1 Å². The van der Waals surface area contributed by atoms with Gasteiger partial charge in [0.25, 0.3) is 0 Å². The first kappa shape index (κ1) is 24.1. The van der Waals surface area contributed by atoms with Crippen molar-refractivity contribution in [3.05, 3.63) is 64.3 Å². The zero-order valence-corrected chi connectivity index (χ0v) is 20.2. The first-order valence-corrected chi connectivity index (χ1v) is 11.3. The Morgan fingerprint density at radius 2 is 1.59 bits per heavy atom. The minimum absolute atomic E-state index is 0.00148. The number of ether oxygens (including phenoxy) is 5. The molecule has 3 aromatic carbocycles. The molecule has 0 saturated carbocycles. The van der Waals surface area contributed by atoms with Crippen molar-refractivity contribution in [3.63, 3.8) is 0 Å². The van der Waals surface area contributed by atoms with E-state index >= 15 is 0 Å². The van der Waals surface area contributed by atoms with Crippen LogP contribution in [-0.2, 0) is 0 Å². The van der Waals surface area contributed by atoms with Crippen LogP contribution in [0.5, 0.6) is 40.2 Å². The minimum atomic E-state index is -0.716. The van der Waals surface area contributed by atoms with Gasteiger partial charge in [0.15, 0.2) is 41.0 Å². The van der Waals surface area contributed by atoms with Crippen molar-refractivity contribution >= 4 is 11.0 Å². The van der Waals surface area contributed by atoms with E-state index in [9.17, 15) is 20.1 Å². The molecule has 2 heterocycles. The SMILES string of the molecule is COc1ccc(C2Oc3cc(-c4oc5cc(O)cc(OC)c5c(=O)c4O)ccc3OC2CO)cc1OC. The van der Waals surface area contributed by atoms with Crippen LogP contribution >= 0.6 is 0 Å². The molecule has 0 fully saturated rings. The summed E-state index contributed by atoms with van der Waals surface area (Å²) in [7, 11) is 4.39. The van der Waals surface area contributed by atoms with E-state index in [0.29, 0.717) is 34.1 Å². The number of aliphatic hydroxyl groups is 1. The standard InChI is InChI=1S/C27H24O10/c1-32-16-6-4-13(8-18(16)33-2)26-22(12-28)35-17-7-5-14(9-19(17)36-26)27-25(31)24(30)23-20(34-3)10-15(29)11-21(23)37-27/h4-11,22,26,28-29,31H,12H2,1-3H3. The average molecular weight is 508 g/mol. The summed E-state index contributed by atoms with van der Waals surface area (Å²) in [5.74, 6) is 0.845. The summed E-state index contributed by atoms with van der Waals surface area (Å²) in [4.78, 5) is 13.0. The van der Waals surface area contributed by atoms with Gasteiger partial charge in [0.05, 0.1) is 27.9 Å². The van der Waals surface area contributed by atoms with Crippen LogP contribution in [0.15, 0.2) is 57.7 Å². The van der Waals surface area contributed by atoms with Crippen molar-refractivity contribution in [2.75, 3.05) is 27.9 Å². The quantitative estimate of drug-likeness (QED) is 0.353. The summed E-state index contributed by atoms with van der Waals surface area (Å²) >= 11 is 0. The van der Waals surface area contributed by atoms with Gasteiger partial charge in [0, 0.05) is 23.3 Å². The Bertz CT molecular complexity index is 1540. The second kappa shape index (κ2) is 9.47. The van der Waals surface area contributed by atoms with Crippen LogP contribution in [0.1, 0.15) is 11.7 Å². The normalized spacial score (nSPS) is 16.4. The van der Waals surface area contributed by atoms with Crippen LogP contribution in [0.25, 0.3) is 22.3 Å². The van der Waals surface area contributed by atoms with E-state index in [1.165, 1.54) is 33.5 Å². The molecule has 192 valence electrons. The molecule has 2 atom stereocenters. The Morgan fingerprint density at radius 1 is 0.838 bits per heavy atom.